The first-order chi connectivity index (χ1) is 12.9. The number of aliphatic carboxylic acids is 1. The number of amides is 1. The average molecular weight is 373 g/mol. The first-order valence-corrected chi connectivity index (χ1v) is 9.12. The third-order valence-electron chi connectivity index (χ3n) is 5.36. The van der Waals surface area contributed by atoms with Crippen molar-refractivity contribution in [1.29, 1.82) is 0 Å². The Kier molecular flexibility index (Phi) is 5.43. The van der Waals surface area contributed by atoms with Crippen LogP contribution in [0.15, 0.2) is 33.9 Å². The van der Waals surface area contributed by atoms with E-state index >= 15 is 0 Å². The Hall–Kier alpha value is -2.90. The molecule has 1 aromatic heterocycles. The lowest BCUT2D eigenvalue weighted by molar-refractivity contribution is -0.143. The molecule has 1 aliphatic carbocycles. The van der Waals surface area contributed by atoms with Crippen molar-refractivity contribution in [1.82, 2.24) is 14.9 Å². The Morgan fingerprint density at radius 3 is 2.56 bits per heavy atom. The number of hydrogen-bond donors (Lipinski definition) is 3. The Bertz CT molecular complexity index is 969. The minimum absolute atomic E-state index is 0.211. The van der Waals surface area contributed by atoms with E-state index in [1.807, 2.05) is 0 Å². The smallest absolute Gasteiger partial charge is 0.329 e. The molecule has 1 aliphatic rings. The van der Waals surface area contributed by atoms with Gasteiger partial charge >= 0.3 is 11.7 Å². The number of fused-ring (bicyclic) bond motifs is 1. The molecule has 3 rings (SSSR count). The molecule has 1 heterocycles. The summed E-state index contributed by atoms with van der Waals surface area (Å²) in [6.45, 7) is 1.93. The third kappa shape index (κ3) is 3.94. The highest BCUT2D eigenvalue weighted by molar-refractivity contribution is 5.81. The second-order valence-corrected chi connectivity index (χ2v) is 7.13. The van der Waals surface area contributed by atoms with Crippen LogP contribution < -0.4 is 16.6 Å². The molecule has 27 heavy (non-hydrogen) atoms. The van der Waals surface area contributed by atoms with Crippen LogP contribution in [-0.4, -0.2) is 33.1 Å². The van der Waals surface area contributed by atoms with Gasteiger partial charge in [0.25, 0.3) is 5.56 Å². The first kappa shape index (κ1) is 18.9. The van der Waals surface area contributed by atoms with Crippen LogP contribution in [0.25, 0.3) is 10.9 Å². The summed E-state index contributed by atoms with van der Waals surface area (Å²) in [6, 6.07) is 5.72. The summed E-state index contributed by atoms with van der Waals surface area (Å²) in [5, 5.41) is 12.2. The summed E-state index contributed by atoms with van der Waals surface area (Å²) in [5.74, 6) is -1.26. The average Bonchev–Trinajstić information content (AvgIpc) is 2.66. The lowest BCUT2D eigenvalue weighted by Gasteiger charge is -2.26. The van der Waals surface area contributed by atoms with E-state index in [1.54, 1.807) is 24.3 Å². The molecule has 0 saturated heterocycles. The van der Waals surface area contributed by atoms with Crippen molar-refractivity contribution < 1.29 is 14.7 Å². The predicted octanol–water partition coefficient (Wildman–Crippen LogP) is 1.26. The van der Waals surface area contributed by atoms with Crippen molar-refractivity contribution in [2.45, 2.75) is 38.6 Å². The monoisotopic (exact) mass is 373 g/mol. The zero-order valence-corrected chi connectivity index (χ0v) is 15.1. The lowest BCUT2D eigenvalue weighted by Crippen LogP contribution is -2.44. The molecule has 8 heteroatoms. The normalized spacial score (nSPS) is 20.9. The van der Waals surface area contributed by atoms with Gasteiger partial charge in [0.05, 0.1) is 16.8 Å². The molecule has 3 N–H and O–H groups in total. The van der Waals surface area contributed by atoms with Gasteiger partial charge in [-0.3, -0.25) is 14.4 Å². The molecule has 144 valence electrons. The van der Waals surface area contributed by atoms with Crippen molar-refractivity contribution in [3.05, 3.63) is 45.1 Å². The molecule has 1 amide bonds. The van der Waals surface area contributed by atoms with Gasteiger partial charge in [0, 0.05) is 6.54 Å². The largest absolute Gasteiger partial charge is 0.481 e. The fourth-order valence-corrected chi connectivity index (χ4v) is 3.65. The quantitative estimate of drug-likeness (QED) is 0.728. The van der Waals surface area contributed by atoms with E-state index in [4.69, 9.17) is 5.11 Å². The van der Waals surface area contributed by atoms with Crippen LogP contribution in [-0.2, 0) is 9.59 Å². The number of carboxylic acids is 1. The number of nitrogens with one attached hydrogen (secondary N) is 2. The number of rotatable bonds is 5. The number of H-pyrrole nitrogens is 1. The number of aromatic amines is 1. The number of aromatic nitrogens is 2. The van der Waals surface area contributed by atoms with Crippen LogP contribution in [0.4, 0.5) is 0 Å². The van der Waals surface area contributed by atoms with Gasteiger partial charge in [-0.1, -0.05) is 12.1 Å². The van der Waals surface area contributed by atoms with Gasteiger partial charge in [-0.05, 0) is 50.7 Å². The minimum Gasteiger partial charge on any atom is -0.481 e. The predicted molar refractivity (Wildman–Crippen MR) is 99.6 cm³/mol. The number of carbonyl (C=O) groups is 2. The zero-order chi connectivity index (χ0) is 19.6. The molecule has 0 radical (unpaired) electrons. The van der Waals surface area contributed by atoms with E-state index in [1.165, 1.54) is 6.92 Å². The number of hydrogen-bond acceptors (Lipinski definition) is 4. The van der Waals surface area contributed by atoms with Crippen LogP contribution in [0.1, 0.15) is 38.6 Å². The molecule has 0 aliphatic heterocycles. The van der Waals surface area contributed by atoms with E-state index in [2.05, 4.69) is 10.3 Å². The minimum atomic E-state index is -0.943. The van der Waals surface area contributed by atoms with E-state index < -0.39 is 29.2 Å². The molecule has 2 aromatic rings. The molecule has 0 bridgehead atoms. The van der Waals surface area contributed by atoms with Crippen molar-refractivity contribution >= 4 is 22.8 Å². The van der Waals surface area contributed by atoms with Crippen LogP contribution in [0.3, 0.4) is 0 Å². The van der Waals surface area contributed by atoms with Crippen LogP contribution in [0.5, 0.6) is 0 Å². The summed E-state index contributed by atoms with van der Waals surface area (Å²) in [4.78, 5) is 51.0. The molecule has 1 atom stereocenters. The molecular weight excluding hydrogens is 350 g/mol. The Balaban J connectivity index is 1.68. The number of para-hydroxylation sites is 1. The molecule has 1 aromatic carbocycles. The molecule has 0 spiro atoms. The first-order valence-electron chi connectivity index (χ1n) is 9.12. The highest BCUT2D eigenvalue weighted by atomic mass is 16.4. The highest BCUT2D eigenvalue weighted by Crippen LogP contribution is 2.28. The standard InChI is InChI=1S/C19H23N3O5/c1-11(16(23)20-10-12-6-8-13(9-7-12)18(25)26)22-17(24)14-4-2-3-5-15(14)21-19(22)27/h2-5,11-13H,6-10H2,1H3,(H,20,23)(H,21,27)(H,25,26). The summed E-state index contributed by atoms with van der Waals surface area (Å²) >= 11 is 0. The fourth-order valence-electron chi connectivity index (χ4n) is 3.65. The van der Waals surface area contributed by atoms with Crippen molar-refractivity contribution in [2.75, 3.05) is 6.54 Å². The maximum Gasteiger partial charge on any atom is 0.329 e. The molecule has 1 unspecified atom stereocenters. The van der Waals surface area contributed by atoms with Crippen molar-refractivity contribution in [3.63, 3.8) is 0 Å². The SMILES string of the molecule is CC(C(=O)NCC1CCC(C(=O)O)CC1)n1c(=O)[nH]c2ccccc2c1=O. The van der Waals surface area contributed by atoms with Crippen LogP contribution >= 0.6 is 0 Å². The van der Waals surface area contributed by atoms with Gasteiger partial charge in [0.2, 0.25) is 5.91 Å². The second-order valence-electron chi connectivity index (χ2n) is 7.13. The van der Waals surface area contributed by atoms with E-state index in [-0.39, 0.29) is 11.8 Å². The van der Waals surface area contributed by atoms with Crippen molar-refractivity contribution in [3.8, 4) is 0 Å². The summed E-state index contributed by atoms with van der Waals surface area (Å²) < 4.78 is 0.930. The number of nitrogens with zero attached hydrogens (tertiary/aromatic N) is 1. The van der Waals surface area contributed by atoms with Gasteiger partial charge in [0.15, 0.2) is 0 Å². The number of benzene rings is 1. The number of carboxylic acid groups (broad SMARTS) is 1. The Labute approximate surface area is 155 Å². The number of carbonyl (C=O) groups excluding carboxylic acids is 1. The second kappa shape index (κ2) is 7.77. The Morgan fingerprint density at radius 2 is 1.89 bits per heavy atom. The topological polar surface area (TPSA) is 121 Å². The maximum absolute atomic E-state index is 12.6. The highest BCUT2D eigenvalue weighted by Gasteiger charge is 2.27. The molecular formula is C19H23N3O5. The molecule has 8 nitrogen and oxygen atoms in total. The van der Waals surface area contributed by atoms with E-state index in [0.717, 1.165) is 17.4 Å². The van der Waals surface area contributed by atoms with E-state index in [0.29, 0.717) is 30.3 Å². The summed E-state index contributed by atoms with van der Waals surface area (Å²) in [7, 11) is 0. The van der Waals surface area contributed by atoms with Gasteiger partial charge in [0.1, 0.15) is 6.04 Å². The van der Waals surface area contributed by atoms with Crippen LogP contribution in [0, 0.1) is 11.8 Å². The molecule has 1 saturated carbocycles. The van der Waals surface area contributed by atoms with Crippen LogP contribution in [0.2, 0.25) is 0 Å². The van der Waals surface area contributed by atoms with Gasteiger partial charge < -0.3 is 15.4 Å². The lowest BCUT2D eigenvalue weighted by atomic mass is 9.82. The summed E-state index contributed by atoms with van der Waals surface area (Å²) in [6.07, 6.45) is 2.69. The van der Waals surface area contributed by atoms with Gasteiger partial charge in [-0.2, -0.15) is 0 Å². The van der Waals surface area contributed by atoms with Gasteiger partial charge in [-0.25, -0.2) is 9.36 Å². The van der Waals surface area contributed by atoms with E-state index in [9.17, 15) is 19.2 Å². The van der Waals surface area contributed by atoms with Gasteiger partial charge in [-0.15, -0.1) is 0 Å². The van der Waals surface area contributed by atoms with Crippen molar-refractivity contribution in [2.24, 2.45) is 11.8 Å². The zero-order valence-electron chi connectivity index (χ0n) is 15.1. The third-order valence-corrected chi connectivity index (χ3v) is 5.36. The molecule has 1 fully saturated rings. The summed E-state index contributed by atoms with van der Waals surface area (Å²) in [5.41, 5.74) is -0.686. The fraction of sp³-hybridized carbons (Fsp3) is 0.474. The Morgan fingerprint density at radius 1 is 1.22 bits per heavy atom. The maximum atomic E-state index is 12.6.